The Morgan fingerprint density at radius 2 is 0.750 bits per heavy atom. The number of amides is 4. The zero-order chi connectivity index (χ0) is 10.7. The summed E-state index contributed by atoms with van der Waals surface area (Å²) in [5.74, 6) is 0.167. The van der Waals surface area contributed by atoms with Gasteiger partial charge in [0, 0.05) is 0 Å². The van der Waals surface area contributed by atoms with Crippen molar-refractivity contribution < 1.29 is 14.4 Å². The fourth-order valence-electron chi connectivity index (χ4n) is 0. The molecule has 0 bridgehead atoms. The number of rotatable bonds is 0. The molecular weight excluding hydrogens is 164 g/mol. The SMILES string of the molecule is CC(C)=O.NC(N)=O.NC(N)=O. The van der Waals surface area contributed by atoms with Crippen LogP contribution in [0, 0.1) is 0 Å². The largest absolute Gasteiger partial charge is 0.352 e. The molecule has 72 valence electrons. The lowest BCUT2D eigenvalue weighted by Crippen LogP contribution is -2.18. The molecule has 0 saturated heterocycles. The fourth-order valence-corrected chi connectivity index (χ4v) is 0. The van der Waals surface area contributed by atoms with E-state index < -0.39 is 12.1 Å². The molecule has 7 nitrogen and oxygen atoms in total. The van der Waals surface area contributed by atoms with E-state index in [0.29, 0.717) is 0 Å². The number of hydrogen-bond donors (Lipinski definition) is 4. The Morgan fingerprint density at radius 3 is 0.750 bits per heavy atom. The van der Waals surface area contributed by atoms with Crippen molar-refractivity contribution in [2.24, 2.45) is 22.9 Å². The summed E-state index contributed by atoms with van der Waals surface area (Å²) < 4.78 is 0. The summed E-state index contributed by atoms with van der Waals surface area (Å²) in [5.41, 5.74) is 17.0. The summed E-state index contributed by atoms with van der Waals surface area (Å²) >= 11 is 0. The second-order valence-electron chi connectivity index (χ2n) is 1.71. The first-order valence-electron chi connectivity index (χ1n) is 2.77. The lowest BCUT2D eigenvalue weighted by Gasteiger charge is -1.62. The molecule has 8 N–H and O–H groups in total. The predicted octanol–water partition coefficient (Wildman–Crippen LogP) is -1.36. The van der Waals surface area contributed by atoms with Gasteiger partial charge in [-0.1, -0.05) is 0 Å². The molecule has 0 fully saturated rings. The van der Waals surface area contributed by atoms with Crippen molar-refractivity contribution >= 4 is 17.8 Å². The van der Waals surface area contributed by atoms with E-state index in [9.17, 15) is 4.79 Å². The Hall–Kier alpha value is -1.79. The van der Waals surface area contributed by atoms with Gasteiger partial charge in [-0.2, -0.15) is 0 Å². The number of carbonyl (C=O) groups excluding carboxylic acids is 3. The molecule has 0 heterocycles. The van der Waals surface area contributed by atoms with Gasteiger partial charge in [-0.25, -0.2) is 9.59 Å². The Morgan fingerprint density at radius 1 is 0.750 bits per heavy atom. The van der Waals surface area contributed by atoms with Gasteiger partial charge in [-0.3, -0.25) is 0 Å². The minimum Gasteiger partial charge on any atom is -0.352 e. The standard InChI is InChI=1S/C3H6O.2CH4N2O/c1-3(2)4;2*2-1(3)4/h1-2H3;2*(H4,2,3,4). The predicted molar refractivity (Wildman–Crippen MR) is 43.9 cm³/mol. The van der Waals surface area contributed by atoms with Crippen molar-refractivity contribution in [2.75, 3.05) is 0 Å². The molecule has 0 rings (SSSR count). The van der Waals surface area contributed by atoms with E-state index in [1.54, 1.807) is 0 Å². The normalized spacial score (nSPS) is 6.17. The second-order valence-corrected chi connectivity index (χ2v) is 1.71. The maximum Gasteiger partial charge on any atom is 0.309 e. The van der Waals surface area contributed by atoms with Gasteiger partial charge in [0.25, 0.3) is 0 Å². The summed E-state index contributed by atoms with van der Waals surface area (Å²) in [6, 6.07) is -1.67. The quantitative estimate of drug-likeness (QED) is 0.362. The first kappa shape index (κ1) is 16.7. The third-order valence-corrected chi connectivity index (χ3v) is 0. The van der Waals surface area contributed by atoms with Crippen molar-refractivity contribution in [3.63, 3.8) is 0 Å². The van der Waals surface area contributed by atoms with Gasteiger partial charge in [0.1, 0.15) is 5.78 Å². The maximum absolute atomic E-state index is 9.44. The highest BCUT2D eigenvalue weighted by molar-refractivity contribution is 5.72. The number of ketones is 1. The van der Waals surface area contributed by atoms with E-state index in [0.717, 1.165) is 0 Å². The zero-order valence-corrected chi connectivity index (χ0v) is 7.03. The molecule has 0 aromatic rings. The average molecular weight is 178 g/mol. The molecule has 0 aliphatic heterocycles. The Balaban J connectivity index is -0.000000101. The molecule has 0 unspecified atom stereocenters. The highest BCUT2D eigenvalue weighted by Crippen LogP contribution is 1.50. The first-order chi connectivity index (χ1) is 5.20. The number of primary amides is 4. The molecule has 0 spiro atoms. The molecule has 0 radical (unpaired) electrons. The van der Waals surface area contributed by atoms with Crippen LogP contribution in [0.1, 0.15) is 13.8 Å². The van der Waals surface area contributed by atoms with E-state index in [2.05, 4.69) is 22.9 Å². The Labute approximate surface area is 70.1 Å². The van der Waals surface area contributed by atoms with Crippen LogP contribution in [0.5, 0.6) is 0 Å². The van der Waals surface area contributed by atoms with E-state index in [-0.39, 0.29) is 5.78 Å². The van der Waals surface area contributed by atoms with Crippen molar-refractivity contribution in [1.82, 2.24) is 0 Å². The van der Waals surface area contributed by atoms with Crippen LogP contribution in [0.4, 0.5) is 9.59 Å². The van der Waals surface area contributed by atoms with Gasteiger partial charge in [0.15, 0.2) is 0 Å². The molecule has 0 aromatic carbocycles. The smallest absolute Gasteiger partial charge is 0.309 e. The molecule has 4 amide bonds. The summed E-state index contributed by atoms with van der Waals surface area (Å²) in [6.07, 6.45) is 0. The van der Waals surface area contributed by atoms with Gasteiger partial charge >= 0.3 is 12.1 Å². The maximum atomic E-state index is 9.44. The van der Waals surface area contributed by atoms with Gasteiger partial charge in [-0.15, -0.1) is 0 Å². The molecule has 0 saturated carbocycles. The molecule has 0 aromatic heterocycles. The number of nitrogens with two attached hydrogens (primary N) is 4. The fraction of sp³-hybridized carbons (Fsp3) is 0.400. The number of carbonyl (C=O) groups is 3. The topological polar surface area (TPSA) is 155 Å². The number of hydrogen-bond acceptors (Lipinski definition) is 3. The van der Waals surface area contributed by atoms with Crippen LogP contribution in [0.3, 0.4) is 0 Å². The van der Waals surface area contributed by atoms with Crippen molar-refractivity contribution in [2.45, 2.75) is 13.8 Å². The first-order valence-corrected chi connectivity index (χ1v) is 2.77. The molecule has 0 atom stereocenters. The summed E-state index contributed by atoms with van der Waals surface area (Å²) in [6.45, 7) is 3.06. The third-order valence-electron chi connectivity index (χ3n) is 0. The zero-order valence-electron chi connectivity index (χ0n) is 7.03. The minimum absolute atomic E-state index is 0.167. The Bertz CT molecular complexity index is 116. The molecular formula is C5H14N4O3. The summed E-state index contributed by atoms with van der Waals surface area (Å²) in [7, 11) is 0. The van der Waals surface area contributed by atoms with Crippen LogP contribution < -0.4 is 22.9 Å². The molecule has 12 heavy (non-hydrogen) atoms. The van der Waals surface area contributed by atoms with Crippen LogP contribution in [0.2, 0.25) is 0 Å². The van der Waals surface area contributed by atoms with Crippen LogP contribution in [0.15, 0.2) is 0 Å². The van der Waals surface area contributed by atoms with E-state index >= 15 is 0 Å². The van der Waals surface area contributed by atoms with E-state index in [1.807, 2.05) is 0 Å². The summed E-state index contributed by atoms with van der Waals surface area (Å²) in [5, 5.41) is 0. The van der Waals surface area contributed by atoms with E-state index in [1.165, 1.54) is 13.8 Å². The van der Waals surface area contributed by atoms with Gasteiger partial charge < -0.3 is 27.7 Å². The average Bonchev–Trinajstić information content (AvgIpc) is 1.54. The van der Waals surface area contributed by atoms with Crippen LogP contribution in [0.25, 0.3) is 0 Å². The number of Topliss-reactive ketones (excluding diaryl/α,β-unsaturated/α-hetero) is 1. The lowest BCUT2D eigenvalue weighted by atomic mass is 10.6. The molecule has 0 aliphatic carbocycles. The van der Waals surface area contributed by atoms with Crippen molar-refractivity contribution in [3.05, 3.63) is 0 Å². The second kappa shape index (κ2) is 11.9. The Kier molecular flexibility index (Phi) is 16.6. The number of urea groups is 2. The van der Waals surface area contributed by atoms with Crippen LogP contribution in [-0.2, 0) is 4.79 Å². The van der Waals surface area contributed by atoms with Gasteiger partial charge in [0.05, 0.1) is 0 Å². The highest BCUT2D eigenvalue weighted by atomic mass is 16.2. The van der Waals surface area contributed by atoms with E-state index in [4.69, 9.17) is 9.59 Å². The summed E-state index contributed by atoms with van der Waals surface area (Å²) in [4.78, 5) is 27.4. The van der Waals surface area contributed by atoms with Crippen LogP contribution >= 0.6 is 0 Å². The third kappa shape index (κ3) is 133. The molecule has 0 aliphatic rings. The lowest BCUT2D eigenvalue weighted by molar-refractivity contribution is -0.114. The van der Waals surface area contributed by atoms with Crippen molar-refractivity contribution in [1.29, 1.82) is 0 Å². The molecule has 7 heteroatoms. The van der Waals surface area contributed by atoms with Crippen LogP contribution in [-0.4, -0.2) is 17.8 Å². The highest BCUT2D eigenvalue weighted by Gasteiger charge is 1.62. The van der Waals surface area contributed by atoms with Crippen molar-refractivity contribution in [3.8, 4) is 0 Å². The minimum atomic E-state index is -0.833. The van der Waals surface area contributed by atoms with Gasteiger partial charge in [-0.05, 0) is 13.8 Å². The van der Waals surface area contributed by atoms with Gasteiger partial charge in [0.2, 0.25) is 0 Å². The monoisotopic (exact) mass is 178 g/mol.